The van der Waals surface area contributed by atoms with E-state index in [9.17, 15) is 4.79 Å². The highest BCUT2D eigenvalue weighted by atomic mass is 16.1. The Morgan fingerprint density at radius 1 is 0.944 bits per heavy atom. The highest BCUT2D eigenvalue weighted by Gasteiger charge is 2.13. The minimum Gasteiger partial charge on any atom is -0.294 e. The summed E-state index contributed by atoms with van der Waals surface area (Å²) in [6, 6.07) is 14.1. The Morgan fingerprint density at radius 2 is 1.50 bits per heavy atom. The highest BCUT2D eigenvalue weighted by molar-refractivity contribution is 6.00. The average molecular weight is 238 g/mol. The number of rotatable bonds is 3. The number of hydrogen-bond acceptors (Lipinski definition) is 1. The summed E-state index contributed by atoms with van der Waals surface area (Å²) in [4.78, 5) is 12.4. The predicted molar refractivity (Wildman–Crippen MR) is 75.1 cm³/mol. The van der Waals surface area contributed by atoms with Gasteiger partial charge in [-0.3, -0.25) is 4.79 Å². The van der Waals surface area contributed by atoms with Crippen LogP contribution in [0.4, 0.5) is 0 Å². The second kappa shape index (κ2) is 5.18. The first-order chi connectivity index (χ1) is 8.58. The minimum atomic E-state index is 0.205. The molecule has 18 heavy (non-hydrogen) atoms. The Balaban J connectivity index is 2.30. The van der Waals surface area contributed by atoms with Gasteiger partial charge in [-0.1, -0.05) is 48.0 Å². The Morgan fingerprint density at radius 3 is 2.06 bits per heavy atom. The number of benzene rings is 2. The van der Waals surface area contributed by atoms with Crippen molar-refractivity contribution in [3.63, 3.8) is 0 Å². The van der Waals surface area contributed by atoms with Gasteiger partial charge < -0.3 is 0 Å². The normalized spacial score (nSPS) is 10.4. The molecule has 0 radical (unpaired) electrons. The van der Waals surface area contributed by atoms with Crippen LogP contribution in [-0.2, 0) is 6.42 Å². The maximum absolute atomic E-state index is 12.4. The molecule has 1 nitrogen and oxygen atoms in total. The predicted octanol–water partition coefficient (Wildman–Crippen LogP) is 4.04. The molecule has 1 heteroatoms. The Hall–Kier alpha value is -1.89. The zero-order valence-corrected chi connectivity index (χ0v) is 11.2. The zero-order chi connectivity index (χ0) is 13.1. The van der Waals surface area contributed by atoms with Gasteiger partial charge >= 0.3 is 0 Å². The van der Waals surface area contributed by atoms with E-state index in [1.54, 1.807) is 0 Å². The molecule has 0 aromatic heterocycles. The summed E-state index contributed by atoms with van der Waals surface area (Å²) in [7, 11) is 0. The van der Waals surface area contributed by atoms with Crippen molar-refractivity contribution >= 4 is 5.78 Å². The highest BCUT2D eigenvalue weighted by Crippen LogP contribution is 2.18. The number of aryl methyl sites for hydroxylation is 3. The second-order valence-corrected chi connectivity index (χ2v) is 4.86. The lowest BCUT2D eigenvalue weighted by molar-refractivity contribution is 0.0992. The van der Waals surface area contributed by atoms with E-state index in [1.807, 2.05) is 44.2 Å². The maximum atomic E-state index is 12.4. The van der Waals surface area contributed by atoms with E-state index in [2.05, 4.69) is 19.1 Å². The van der Waals surface area contributed by atoms with Crippen molar-refractivity contribution in [1.29, 1.82) is 0 Å². The number of ketones is 1. The van der Waals surface area contributed by atoms with E-state index in [0.717, 1.165) is 22.3 Å². The fraction of sp³-hybridized carbons (Fsp3) is 0.235. The van der Waals surface area contributed by atoms with Gasteiger partial charge in [0.05, 0.1) is 0 Å². The molecule has 0 spiro atoms. The maximum Gasteiger partial charge on any atom is 0.167 e. The van der Waals surface area contributed by atoms with Crippen LogP contribution in [0, 0.1) is 20.8 Å². The summed E-state index contributed by atoms with van der Waals surface area (Å²) in [5.41, 5.74) is 5.31. The van der Waals surface area contributed by atoms with Crippen LogP contribution in [-0.4, -0.2) is 5.78 Å². The first kappa shape index (κ1) is 12.6. The molecule has 0 aliphatic carbocycles. The first-order valence-corrected chi connectivity index (χ1v) is 6.23. The molecular weight excluding hydrogens is 220 g/mol. The van der Waals surface area contributed by atoms with E-state index < -0.39 is 0 Å². The monoisotopic (exact) mass is 238 g/mol. The van der Waals surface area contributed by atoms with Crippen molar-refractivity contribution < 1.29 is 4.79 Å². The van der Waals surface area contributed by atoms with Crippen LogP contribution in [0.3, 0.4) is 0 Å². The van der Waals surface area contributed by atoms with Crippen LogP contribution in [0.2, 0.25) is 0 Å². The van der Waals surface area contributed by atoms with Gasteiger partial charge in [0.2, 0.25) is 0 Å². The van der Waals surface area contributed by atoms with Gasteiger partial charge in [0.1, 0.15) is 0 Å². The number of carbonyl (C=O) groups excluding carboxylic acids is 1. The van der Waals surface area contributed by atoms with Crippen LogP contribution in [0.5, 0.6) is 0 Å². The van der Waals surface area contributed by atoms with Crippen LogP contribution in [0.1, 0.15) is 32.6 Å². The topological polar surface area (TPSA) is 17.1 Å². The summed E-state index contributed by atoms with van der Waals surface area (Å²) in [5.74, 6) is 0.205. The van der Waals surface area contributed by atoms with E-state index in [0.29, 0.717) is 6.42 Å². The van der Waals surface area contributed by atoms with E-state index in [1.165, 1.54) is 5.56 Å². The van der Waals surface area contributed by atoms with Gasteiger partial charge in [0.15, 0.2) is 5.78 Å². The average Bonchev–Trinajstić information content (AvgIpc) is 2.28. The number of carbonyl (C=O) groups is 1. The molecule has 0 saturated heterocycles. The minimum absolute atomic E-state index is 0.205. The lowest BCUT2D eigenvalue weighted by Crippen LogP contribution is -2.08. The smallest absolute Gasteiger partial charge is 0.167 e. The third kappa shape index (κ3) is 2.67. The van der Waals surface area contributed by atoms with Gasteiger partial charge in [-0.25, -0.2) is 0 Å². The standard InChI is InChI=1S/C17H18O/c1-12-9-13(2)17(14(3)10-12)16(18)11-15-7-5-4-6-8-15/h4-10H,11H2,1-3H3. The van der Waals surface area contributed by atoms with Crippen molar-refractivity contribution in [1.82, 2.24) is 0 Å². The summed E-state index contributed by atoms with van der Waals surface area (Å²) >= 11 is 0. The zero-order valence-electron chi connectivity index (χ0n) is 11.2. The second-order valence-electron chi connectivity index (χ2n) is 4.86. The van der Waals surface area contributed by atoms with E-state index >= 15 is 0 Å². The molecule has 2 rings (SSSR count). The molecule has 0 heterocycles. The molecule has 0 fully saturated rings. The number of Topliss-reactive ketones (excluding diaryl/α,β-unsaturated/α-hetero) is 1. The van der Waals surface area contributed by atoms with Crippen LogP contribution < -0.4 is 0 Å². The summed E-state index contributed by atoms with van der Waals surface area (Å²) in [6.45, 7) is 6.09. The summed E-state index contributed by atoms with van der Waals surface area (Å²) in [5, 5.41) is 0. The molecule has 0 N–H and O–H groups in total. The van der Waals surface area contributed by atoms with Gasteiger partial charge in [-0.2, -0.15) is 0 Å². The van der Waals surface area contributed by atoms with Crippen molar-refractivity contribution in [2.45, 2.75) is 27.2 Å². The van der Waals surface area contributed by atoms with Gasteiger partial charge in [0, 0.05) is 12.0 Å². The van der Waals surface area contributed by atoms with Crippen molar-refractivity contribution in [3.05, 3.63) is 70.3 Å². The summed E-state index contributed by atoms with van der Waals surface area (Å²) < 4.78 is 0. The van der Waals surface area contributed by atoms with Crippen LogP contribution in [0.15, 0.2) is 42.5 Å². The summed E-state index contributed by atoms with van der Waals surface area (Å²) in [6.07, 6.45) is 0.478. The molecular formula is C17H18O. The Labute approximate surface area is 108 Å². The molecule has 0 amide bonds. The molecule has 2 aromatic rings. The lowest BCUT2D eigenvalue weighted by atomic mass is 9.93. The van der Waals surface area contributed by atoms with Gasteiger partial charge in [0.25, 0.3) is 0 Å². The third-order valence-corrected chi connectivity index (χ3v) is 3.16. The quantitative estimate of drug-likeness (QED) is 0.738. The molecule has 2 aromatic carbocycles. The van der Waals surface area contributed by atoms with Crippen molar-refractivity contribution in [3.8, 4) is 0 Å². The van der Waals surface area contributed by atoms with Gasteiger partial charge in [-0.15, -0.1) is 0 Å². The fourth-order valence-corrected chi connectivity index (χ4v) is 2.49. The molecule has 0 unspecified atom stereocenters. The molecule has 0 bridgehead atoms. The largest absolute Gasteiger partial charge is 0.294 e. The Kier molecular flexibility index (Phi) is 3.61. The number of hydrogen-bond donors (Lipinski definition) is 0. The Bertz CT molecular complexity index is 544. The van der Waals surface area contributed by atoms with Crippen LogP contribution in [0.25, 0.3) is 0 Å². The van der Waals surface area contributed by atoms with Crippen molar-refractivity contribution in [2.75, 3.05) is 0 Å². The SMILES string of the molecule is Cc1cc(C)c(C(=O)Cc2ccccc2)c(C)c1. The molecule has 92 valence electrons. The van der Waals surface area contributed by atoms with Crippen LogP contribution >= 0.6 is 0 Å². The first-order valence-electron chi connectivity index (χ1n) is 6.23. The molecule has 0 aliphatic heterocycles. The van der Waals surface area contributed by atoms with E-state index in [-0.39, 0.29) is 5.78 Å². The molecule has 0 aliphatic rings. The van der Waals surface area contributed by atoms with Crippen molar-refractivity contribution in [2.24, 2.45) is 0 Å². The molecule has 0 atom stereocenters. The molecule has 0 saturated carbocycles. The van der Waals surface area contributed by atoms with Gasteiger partial charge in [-0.05, 0) is 37.5 Å². The fourth-order valence-electron chi connectivity index (χ4n) is 2.49. The third-order valence-electron chi connectivity index (χ3n) is 3.16. The van der Waals surface area contributed by atoms with E-state index in [4.69, 9.17) is 0 Å². The lowest BCUT2D eigenvalue weighted by Gasteiger charge is -2.10.